The Kier molecular flexibility index (Phi) is 3.17. The zero-order valence-electron chi connectivity index (χ0n) is 7.84. The van der Waals surface area contributed by atoms with Crippen LogP contribution in [0.15, 0.2) is 24.3 Å². The molecule has 0 aliphatic carbocycles. The molecule has 0 fully saturated rings. The monoisotopic (exact) mass is 199 g/mol. The third kappa shape index (κ3) is 4.15. The van der Waals surface area contributed by atoms with E-state index in [0.717, 1.165) is 5.69 Å². The molecule has 0 radical (unpaired) electrons. The largest absolute Gasteiger partial charge is 0.381 e. The Morgan fingerprint density at radius 3 is 2.77 bits per heavy atom. The van der Waals surface area contributed by atoms with Gasteiger partial charge in [-0.3, -0.25) is 0 Å². The highest BCUT2D eigenvalue weighted by atomic mass is 35.5. The summed E-state index contributed by atoms with van der Waals surface area (Å²) in [7, 11) is 0. The lowest BCUT2D eigenvalue weighted by atomic mass is 10.2. The molecule has 0 aromatic heterocycles. The topological polar surface area (TPSA) is 32.3 Å². The molecule has 1 rings (SSSR count). The van der Waals surface area contributed by atoms with Crippen LogP contribution in [0, 0.1) is 6.92 Å². The van der Waals surface area contributed by atoms with Crippen LogP contribution in [0.1, 0.15) is 12.5 Å². The van der Waals surface area contributed by atoms with E-state index in [-0.39, 0.29) is 0 Å². The molecule has 1 atom stereocenters. The lowest BCUT2D eigenvalue weighted by Crippen LogP contribution is -2.26. The van der Waals surface area contributed by atoms with Gasteiger partial charge in [-0.25, -0.2) is 0 Å². The number of rotatable bonds is 3. The van der Waals surface area contributed by atoms with Crippen LogP contribution in [-0.2, 0) is 0 Å². The van der Waals surface area contributed by atoms with Crippen LogP contribution in [0.4, 0.5) is 5.69 Å². The van der Waals surface area contributed by atoms with Crippen LogP contribution < -0.4 is 5.32 Å². The Balaban J connectivity index is 2.55. The van der Waals surface area contributed by atoms with E-state index >= 15 is 0 Å². The number of halogens is 1. The number of nitrogens with one attached hydrogen (secondary N) is 1. The minimum Gasteiger partial charge on any atom is -0.381 e. The van der Waals surface area contributed by atoms with E-state index in [1.165, 1.54) is 5.56 Å². The van der Waals surface area contributed by atoms with E-state index in [1.54, 1.807) is 6.92 Å². The normalized spacial score (nSPS) is 15.1. The van der Waals surface area contributed by atoms with E-state index in [0.29, 0.717) is 6.54 Å². The lowest BCUT2D eigenvalue weighted by Gasteiger charge is -2.16. The SMILES string of the molecule is Cc1cccc(NCC(C)(O)Cl)c1. The molecule has 0 aliphatic heterocycles. The third-order valence-corrected chi connectivity index (χ3v) is 1.77. The van der Waals surface area contributed by atoms with Gasteiger partial charge >= 0.3 is 0 Å². The van der Waals surface area contributed by atoms with Gasteiger partial charge in [-0.2, -0.15) is 0 Å². The maximum atomic E-state index is 9.25. The van der Waals surface area contributed by atoms with Gasteiger partial charge in [0.25, 0.3) is 0 Å². The van der Waals surface area contributed by atoms with Crippen molar-refractivity contribution in [2.45, 2.75) is 18.9 Å². The lowest BCUT2D eigenvalue weighted by molar-refractivity contribution is 0.163. The van der Waals surface area contributed by atoms with Gasteiger partial charge < -0.3 is 10.4 Å². The first-order valence-corrected chi connectivity index (χ1v) is 4.57. The zero-order valence-corrected chi connectivity index (χ0v) is 8.60. The van der Waals surface area contributed by atoms with Gasteiger partial charge in [0.05, 0.1) is 6.54 Å². The van der Waals surface area contributed by atoms with Crippen molar-refractivity contribution in [1.82, 2.24) is 0 Å². The number of alkyl halides is 1. The van der Waals surface area contributed by atoms with Gasteiger partial charge in [-0.1, -0.05) is 23.7 Å². The van der Waals surface area contributed by atoms with Crippen molar-refractivity contribution in [1.29, 1.82) is 0 Å². The summed E-state index contributed by atoms with van der Waals surface area (Å²) in [5.41, 5.74) is 2.15. The molecular weight excluding hydrogens is 186 g/mol. The Bertz CT molecular complexity index is 280. The van der Waals surface area contributed by atoms with E-state index in [9.17, 15) is 5.11 Å². The molecule has 72 valence electrons. The average Bonchev–Trinajstić information content (AvgIpc) is 2.00. The first-order valence-electron chi connectivity index (χ1n) is 4.19. The molecule has 0 saturated heterocycles. The molecule has 0 saturated carbocycles. The fourth-order valence-corrected chi connectivity index (χ4v) is 1.09. The molecule has 13 heavy (non-hydrogen) atoms. The fourth-order valence-electron chi connectivity index (χ4n) is 1.02. The second kappa shape index (κ2) is 3.99. The number of anilines is 1. The van der Waals surface area contributed by atoms with E-state index in [2.05, 4.69) is 5.32 Å². The highest BCUT2D eigenvalue weighted by molar-refractivity contribution is 6.22. The fraction of sp³-hybridized carbons (Fsp3) is 0.400. The molecule has 2 N–H and O–H groups in total. The highest BCUT2D eigenvalue weighted by Gasteiger charge is 2.14. The molecular formula is C10H14ClNO. The summed E-state index contributed by atoms with van der Waals surface area (Å²) in [4.78, 5) is 0. The van der Waals surface area contributed by atoms with Crippen LogP contribution in [0.5, 0.6) is 0 Å². The third-order valence-electron chi connectivity index (χ3n) is 1.63. The summed E-state index contributed by atoms with van der Waals surface area (Å²) in [6, 6.07) is 7.92. The summed E-state index contributed by atoms with van der Waals surface area (Å²) in [5.74, 6) is 0. The van der Waals surface area contributed by atoms with Gasteiger partial charge in [-0.15, -0.1) is 0 Å². The second-order valence-electron chi connectivity index (χ2n) is 3.37. The quantitative estimate of drug-likeness (QED) is 0.733. The smallest absolute Gasteiger partial charge is 0.152 e. The van der Waals surface area contributed by atoms with Crippen LogP contribution in [-0.4, -0.2) is 16.7 Å². The van der Waals surface area contributed by atoms with Gasteiger partial charge in [-0.05, 0) is 31.5 Å². The van der Waals surface area contributed by atoms with Crippen molar-refractivity contribution in [2.75, 3.05) is 11.9 Å². The number of aryl methyl sites for hydroxylation is 1. The minimum absolute atomic E-state index is 0.331. The van der Waals surface area contributed by atoms with Crippen molar-refractivity contribution in [2.24, 2.45) is 0 Å². The van der Waals surface area contributed by atoms with Crippen LogP contribution >= 0.6 is 11.6 Å². The molecule has 0 amide bonds. The number of benzene rings is 1. The van der Waals surface area contributed by atoms with Crippen molar-refractivity contribution in [3.05, 3.63) is 29.8 Å². The van der Waals surface area contributed by atoms with Crippen LogP contribution in [0.3, 0.4) is 0 Å². The van der Waals surface area contributed by atoms with Crippen molar-refractivity contribution >= 4 is 17.3 Å². The van der Waals surface area contributed by atoms with E-state index in [1.807, 2.05) is 31.2 Å². The Labute approximate surface area is 83.5 Å². The Hall–Kier alpha value is -0.730. The summed E-state index contributed by atoms with van der Waals surface area (Å²) in [6.45, 7) is 3.90. The highest BCUT2D eigenvalue weighted by Crippen LogP contribution is 2.13. The molecule has 0 bridgehead atoms. The maximum absolute atomic E-state index is 9.25. The van der Waals surface area contributed by atoms with Crippen LogP contribution in [0.25, 0.3) is 0 Å². The van der Waals surface area contributed by atoms with Gasteiger partial charge in [0, 0.05) is 5.69 Å². The molecule has 0 aliphatic rings. The van der Waals surface area contributed by atoms with Gasteiger partial charge in [0.1, 0.15) is 0 Å². The standard InChI is InChI=1S/C10H14ClNO/c1-8-4-3-5-9(6-8)12-7-10(2,11)13/h3-6,12-13H,7H2,1-2H3. The van der Waals surface area contributed by atoms with Crippen molar-refractivity contribution in [3.63, 3.8) is 0 Å². The Morgan fingerprint density at radius 2 is 2.23 bits per heavy atom. The van der Waals surface area contributed by atoms with Crippen LogP contribution in [0.2, 0.25) is 0 Å². The molecule has 0 spiro atoms. The van der Waals surface area contributed by atoms with Gasteiger partial charge in [0.15, 0.2) is 5.06 Å². The summed E-state index contributed by atoms with van der Waals surface area (Å²) < 4.78 is 0. The molecule has 3 heteroatoms. The molecule has 1 unspecified atom stereocenters. The predicted molar refractivity (Wildman–Crippen MR) is 56.1 cm³/mol. The molecule has 1 aromatic carbocycles. The number of aliphatic hydroxyl groups is 1. The molecule has 1 aromatic rings. The molecule has 2 nitrogen and oxygen atoms in total. The molecule has 0 heterocycles. The summed E-state index contributed by atoms with van der Waals surface area (Å²) in [5, 5.41) is 11.1. The second-order valence-corrected chi connectivity index (χ2v) is 4.18. The van der Waals surface area contributed by atoms with E-state index < -0.39 is 5.06 Å². The first-order chi connectivity index (χ1) is 5.97. The van der Waals surface area contributed by atoms with E-state index in [4.69, 9.17) is 11.6 Å². The van der Waals surface area contributed by atoms with Crippen molar-refractivity contribution in [3.8, 4) is 0 Å². The number of hydrogen-bond donors (Lipinski definition) is 2. The maximum Gasteiger partial charge on any atom is 0.152 e. The van der Waals surface area contributed by atoms with Gasteiger partial charge in [0.2, 0.25) is 0 Å². The summed E-state index contributed by atoms with van der Waals surface area (Å²) >= 11 is 5.62. The summed E-state index contributed by atoms with van der Waals surface area (Å²) in [6.07, 6.45) is 0. The Morgan fingerprint density at radius 1 is 1.54 bits per heavy atom. The number of hydrogen-bond acceptors (Lipinski definition) is 2. The zero-order chi connectivity index (χ0) is 9.90. The minimum atomic E-state index is -1.19. The average molecular weight is 200 g/mol. The predicted octanol–water partition coefficient (Wildman–Crippen LogP) is 2.35. The first kappa shape index (κ1) is 10.4. The van der Waals surface area contributed by atoms with Crippen molar-refractivity contribution < 1.29 is 5.11 Å².